The first-order valence-electron chi connectivity index (χ1n) is 5.81. The van der Waals surface area contributed by atoms with Gasteiger partial charge in [0.25, 0.3) is 0 Å². The van der Waals surface area contributed by atoms with E-state index in [1.165, 1.54) is 12.8 Å². The minimum atomic E-state index is 1.25. The molecule has 0 aromatic carbocycles. The highest BCUT2D eigenvalue weighted by atomic mass is 13.4. The van der Waals surface area contributed by atoms with Gasteiger partial charge in [0.15, 0.2) is 0 Å². The van der Waals surface area contributed by atoms with E-state index in [0.717, 1.165) is 0 Å². The van der Waals surface area contributed by atoms with E-state index in [9.17, 15) is 0 Å². The normalized spacial score (nSPS) is 4.69. The van der Waals surface area contributed by atoms with E-state index in [2.05, 4.69) is 34.3 Å². The fraction of sp³-hybridized carbons (Fsp3) is 0.846. The molecule has 86 valence electrons. The van der Waals surface area contributed by atoms with Crippen LogP contribution in [-0.2, 0) is 0 Å². The third-order valence-corrected chi connectivity index (χ3v) is 0. The smallest absolute Gasteiger partial charge is 0.0473 e. The quantitative estimate of drug-likeness (QED) is 0.406. The Hall–Kier alpha value is -0.260. The summed E-state index contributed by atoms with van der Waals surface area (Å²) in [6, 6.07) is 0. The number of allylic oxidation sites excluding steroid dienone is 1. The third-order valence-electron chi connectivity index (χ3n) is 0. The van der Waals surface area contributed by atoms with Gasteiger partial charge in [-0.1, -0.05) is 74.3 Å². The van der Waals surface area contributed by atoms with E-state index in [1.807, 2.05) is 34.6 Å². The van der Waals surface area contributed by atoms with Crippen molar-refractivity contribution in [1.82, 2.24) is 0 Å². The van der Waals surface area contributed by atoms with Gasteiger partial charge in [0, 0.05) is 0 Å². The van der Waals surface area contributed by atoms with Crippen molar-refractivity contribution >= 4 is 0 Å². The Kier molecular flexibility index (Phi) is 407. The molecule has 0 aliphatic carbocycles. The standard InChI is InChI=1S/2C3H8.C3H6.2C2H6/c3*1-3-2;2*1-2/h2*3H2,1-2H3;3H,1H2,2H3;2*1-2H3. The molecule has 0 saturated carbocycles. The molecule has 0 saturated heterocycles. The summed E-state index contributed by atoms with van der Waals surface area (Å²) in [6.45, 7) is 21.8. The molecule has 0 aromatic rings. The van der Waals surface area contributed by atoms with E-state index in [1.54, 1.807) is 6.08 Å². The van der Waals surface area contributed by atoms with E-state index < -0.39 is 0 Å². The van der Waals surface area contributed by atoms with Crippen LogP contribution < -0.4 is 0 Å². The lowest BCUT2D eigenvalue weighted by molar-refractivity contribution is 1.09. The van der Waals surface area contributed by atoms with Crippen molar-refractivity contribution in [3.63, 3.8) is 0 Å². The third kappa shape index (κ3) is 16500. The van der Waals surface area contributed by atoms with E-state index in [4.69, 9.17) is 0 Å². The van der Waals surface area contributed by atoms with Crippen molar-refractivity contribution in [1.29, 1.82) is 0 Å². The summed E-state index contributed by atoms with van der Waals surface area (Å²) in [5, 5.41) is 0. The maximum Gasteiger partial charge on any atom is -0.0473 e. The Bertz CT molecular complexity index is 19.2. The average molecular weight is 190 g/mol. The van der Waals surface area contributed by atoms with Gasteiger partial charge in [0.2, 0.25) is 0 Å². The average Bonchev–Trinajstić information content (AvgIpc) is 2.14. The first kappa shape index (κ1) is 29.3. The lowest BCUT2D eigenvalue weighted by Crippen LogP contribution is -1.27. The Morgan fingerprint density at radius 1 is 0.769 bits per heavy atom. The van der Waals surface area contributed by atoms with Gasteiger partial charge < -0.3 is 0 Å². The van der Waals surface area contributed by atoms with Crippen molar-refractivity contribution in [3.8, 4) is 0 Å². The Morgan fingerprint density at radius 3 is 0.769 bits per heavy atom. The monoisotopic (exact) mass is 190 g/mol. The molecule has 0 heteroatoms. The van der Waals surface area contributed by atoms with Crippen molar-refractivity contribution in [2.75, 3.05) is 0 Å². The molecule has 0 fully saturated rings. The van der Waals surface area contributed by atoms with Gasteiger partial charge in [0.05, 0.1) is 0 Å². The maximum absolute atomic E-state index is 3.36. The molecular formula is C13H34. The fourth-order valence-corrected chi connectivity index (χ4v) is 0. The Balaban J connectivity index is -0.0000000208. The summed E-state index contributed by atoms with van der Waals surface area (Å²) in [5.74, 6) is 0. The SMILES string of the molecule is C=CC.CC.CC.CCC.CCC. The lowest BCUT2D eigenvalue weighted by atomic mass is 10.6. The lowest BCUT2D eigenvalue weighted by Gasteiger charge is -1.48. The molecule has 0 N–H and O–H groups in total. The zero-order valence-electron chi connectivity index (χ0n) is 11.7. The topological polar surface area (TPSA) is 0 Å². The predicted octanol–water partition coefficient (Wildman–Crippen LogP) is 6.08. The predicted molar refractivity (Wildman–Crippen MR) is 70.5 cm³/mol. The molecule has 0 rings (SSSR count). The summed E-state index contributed by atoms with van der Waals surface area (Å²) in [7, 11) is 0. The van der Waals surface area contributed by atoms with Crippen LogP contribution in [0.5, 0.6) is 0 Å². The van der Waals surface area contributed by atoms with Crippen molar-refractivity contribution in [2.45, 2.75) is 75.2 Å². The van der Waals surface area contributed by atoms with Crippen LogP contribution in [0.25, 0.3) is 0 Å². The summed E-state index contributed by atoms with van der Waals surface area (Å²) >= 11 is 0. The second-order valence-electron chi connectivity index (χ2n) is 1.82. The van der Waals surface area contributed by atoms with E-state index in [-0.39, 0.29) is 0 Å². The summed E-state index contributed by atoms with van der Waals surface area (Å²) < 4.78 is 0. The minimum Gasteiger partial charge on any atom is -0.103 e. The fourth-order valence-electron chi connectivity index (χ4n) is 0. The van der Waals surface area contributed by atoms with Gasteiger partial charge in [-0.05, 0) is 6.92 Å². The zero-order chi connectivity index (χ0) is 12.1. The number of hydrogen-bond acceptors (Lipinski definition) is 0. The van der Waals surface area contributed by atoms with Crippen LogP contribution in [0.2, 0.25) is 0 Å². The molecule has 13 heavy (non-hydrogen) atoms. The minimum absolute atomic E-state index is 1.25. The molecule has 0 aliphatic heterocycles. The number of rotatable bonds is 0. The summed E-state index contributed by atoms with van der Waals surface area (Å²) in [4.78, 5) is 0. The van der Waals surface area contributed by atoms with E-state index >= 15 is 0 Å². The highest BCUT2D eigenvalue weighted by Crippen LogP contribution is 1.56. The van der Waals surface area contributed by atoms with Crippen LogP contribution in [0.3, 0.4) is 0 Å². The second kappa shape index (κ2) is 180. The summed E-state index contributed by atoms with van der Waals surface area (Å²) in [5.41, 5.74) is 0. The maximum atomic E-state index is 3.36. The van der Waals surface area contributed by atoms with Crippen LogP contribution in [0.15, 0.2) is 12.7 Å². The van der Waals surface area contributed by atoms with Gasteiger partial charge >= 0.3 is 0 Å². The number of hydrogen-bond donors (Lipinski definition) is 0. The Morgan fingerprint density at radius 2 is 0.769 bits per heavy atom. The molecule has 0 amide bonds. The van der Waals surface area contributed by atoms with Crippen molar-refractivity contribution < 1.29 is 0 Å². The molecule has 0 unspecified atom stereocenters. The van der Waals surface area contributed by atoms with Crippen molar-refractivity contribution in [2.24, 2.45) is 0 Å². The molecule has 0 bridgehead atoms. The molecule has 0 atom stereocenters. The highest BCUT2D eigenvalue weighted by molar-refractivity contribution is 4.51. The highest BCUT2D eigenvalue weighted by Gasteiger charge is 1.36. The van der Waals surface area contributed by atoms with Crippen molar-refractivity contribution in [3.05, 3.63) is 12.7 Å². The zero-order valence-corrected chi connectivity index (χ0v) is 11.7. The molecule has 0 heterocycles. The molecule has 0 aromatic heterocycles. The first-order valence-corrected chi connectivity index (χ1v) is 5.81. The van der Waals surface area contributed by atoms with E-state index in [0.29, 0.717) is 0 Å². The van der Waals surface area contributed by atoms with Gasteiger partial charge in [0.1, 0.15) is 0 Å². The van der Waals surface area contributed by atoms with Crippen LogP contribution in [0, 0.1) is 0 Å². The molecule has 0 radical (unpaired) electrons. The largest absolute Gasteiger partial charge is 0.103 e. The van der Waals surface area contributed by atoms with Crippen LogP contribution in [-0.4, -0.2) is 0 Å². The summed E-state index contributed by atoms with van der Waals surface area (Å²) in [6.07, 6.45) is 4.25. The van der Waals surface area contributed by atoms with Gasteiger partial charge in [-0.25, -0.2) is 0 Å². The van der Waals surface area contributed by atoms with Gasteiger partial charge in [-0.2, -0.15) is 0 Å². The molecular weight excluding hydrogens is 156 g/mol. The second-order valence-corrected chi connectivity index (χ2v) is 1.82. The van der Waals surface area contributed by atoms with Gasteiger partial charge in [-0.15, -0.1) is 6.58 Å². The van der Waals surface area contributed by atoms with Crippen LogP contribution in [0.4, 0.5) is 0 Å². The molecule has 0 nitrogen and oxygen atoms in total. The Labute approximate surface area is 88.5 Å². The van der Waals surface area contributed by atoms with Gasteiger partial charge in [-0.3, -0.25) is 0 Å². The molecule has 0 aliphatic rings. The van der Waals surface area contributed by atoms with Crippen LogP contribution >= 0.6 is 0 Å². The first-order chi connectivity index (χ1) is 6.24. The molecule has 0 spiro atoms. The van der Waals surface area contributed by atoms with Crippen LogP contribution in [0.1, 0.15) is 75.2 Å².